The molecule has 0 aliphatic carbocycles. The third-order valence-corrected chi connectivity index (χ3v) is 2.02. The van der Waals surface area contributed by atoms with Crippen LogP contribution in [0.1, 0.15) is 11.3 Å². The molecule has 0 amide bonds. The van der Waals surface area contributed by atoms with E-state index in [0.29, 0.717) is 18.8 Å². The fraction of sp³-hybridized carbons (Fsp3) is 0.500. The van der Waals surface area contributed by atoms with Gasteiger partial charge in [-0.25, -0.2) is 4.68 Å². The summed E-state index contributed by atoms with van der Waals surface area (Å²) in [5, 5.41) is 12.7. The first-order valence-corrected chi connectivity index (χ1v) is 4.83. The van der Waals surface area contributed by atoms with Gasteiger partial charge in [-0.1, -0.05) is 0 Å². The van der Waals surface area contributed by atoms with Crippen molar-refractivity contribution in [2.75, 3.05) is 13.7 Å². The molecule has 0 saturated heterocycles. The Morgan fingerprint density at radius 2 is 2.31 bits per heavy atom. The van der Waals surface area contributed by atoms with Gasteiger partial charge in [0.25, 0.3) is 5.56 Å². The maximum absolute atomic E-state index is 11.7. The van der Waals surface area contributed by atoms with E-state index in [2.05, 4.69) is 5.10 Å². The number of nitrogens with zero attached hydrogens (tertiary/aromatic N) is 2. The summed E-state index contributed by atoms with van der Waals surface area (Å²) in [6.45, 7) is 2.40. The van der Waals surface area contributed by atoms with Crippen molar-refractivity contribution >= 4 is 5.97 Å². The van der Waals surface area contributed by atoms with Crippen LogP contribution in [0.2, 0.25) is 0 Å². The van der Waals surface area contributed by atoms with Gasteiger partial charge in [-0.05, 0) is 13.0 Å². The van der Waals surface area contributed by atoms with Crippen molar-refractivity contribution in [3.63, 3.8) is 0 Å². The largest absolute Gasteiger partial charge is 0.481 e. The average molecular weight is 226 g/mol. The SMILES string of the molecule is COCCn1nc(C)cc(CC(=O)O)c1=O. The zero-order chi connectivity index (χ0) is 12.1. The predicted octanol–water partition coefficient (Wildman–Crippen LogP) is -0.175. The second kappa shape index (κ2) is 5.41. The van der Waals surface area contributed by atoms with Crippen LogP contribution in [0.5, 0.6) is 0 Å². The summed E-state index contributed by atoms with van der Waals surface area (Å²) in [5.74, 6) is -1.03. The van der Waals surface area contributed by atoms with E-state index >= 15 is 0 Å². The first-order chi connectivity index (χ1) is 7.54. The van der Waals surface area contributed by atoms with Crippen molar-refractivity contribution in [2.24, 2.45) is 0 Å². The highest BCUT2D eigenvalue weighted by Gasteiger charge is 2.09. The summed E-state index contributed by atoms with van der Waals surface area (Å²) in [5.41, 5.74) is 0.494. The highest BCUT2D eigenvalue weighted by atomic mass is 16.5. The zero-order valence-corrected chi connectivity index (χ0v) is 9.27. The molecular formula is C10H14N2O4. The lowest BCUT2D eigenvalue weighted by Crippen LogP contribution is -2.29. The first-order valence-electron chi connectivity index (χ1n) is 4.83. The van der Waals surface area contributed by atoms with Gasteiger partial charge in [0.15, 0.2) is 0 Å². The minimum Gasteiger partial charge on any atom is -0.481 e. The van der Waals surface area contributed by atoms with E-state index in [9.17, 15) is 9.59 Å². The summed E-state index contributed by atoms with van der Waals surface area (Å²) in [7, 11) is 1.53. The molecule has 0 aliphatic rings. The van der Waals surface area contributed by atoms with Crippen LogP contribution in [-0.2, 0) is 22.5 Å². The average Bonchev–Trinajstić information content (AvgIpc) is 2.20. The molecule has 0 aromatic carbocycles. The molecule has 0 saturated carbocycles. The molecule has 6 heteroatoms. The maximum Gasteiger partial charge on any atom is 0.308 e. The number of hydrogen-bond donors (Lipinski definition) is 1. The van der Waals surface area contributed by atoms with Crippen molar-refractivity contribution in [1.82, 2.24) is 9.78 Å². The normalized spacial score (nSPS) is 10.4. The van der Waals surface area contributed by atoms with Gasteiger partial charge < -0.3 is 9.84 Å². The fourth-order valence-corrected chi connectivity index (χ4v) is 1.36. The van der Waals surface area contributed by atoms with Crippen molar-refractivity contribution in [3.05, 3.63) is 27.7 Å². The van der Waals surface area contributed by atoms with Gasteiger partial charge in [0.2, 0.25) is 0 Å². The number of aryl methyl sites for hydroxylation is 1. The molecule has 1 aromatic rings. The minimum absolute atomic E-state index is 0.246. The van der Waals surface area contributed by atoms with Crippen molar-refractivity contribution in [3.8, 4) is 0 Å². The van der Waals surface area contributed by atoms with E-state index < -0.39 is 5.97 Å². The number of carboxylic acid groups (broad SMARTS) is 1. The summed E-state index contributed by atoms with van der Waals surface area (Å²) in [4.78, 5) is 22.3. The van der Waals surface area contributed by atoms with E-state index in [0.717, 1.165) is 0 Å². The van der Waals surface area contributed by atoms with E-state index in [1.807, 2.05) is 0 Å². The highest BCUT2D eigenvalue weighted by Crippen LogP contribution is 1.97. The molecule has 0 unspecified atom stereocenters. The van der Waals surface area contributed by atoms with Crippen molar-refractivity contribution in [2.45, 2.75) is 19.9 Å². The van der Waals surface area contributed by atoms with Gasteiger partial charge in [-0.2, -0.15) is 5.10 Å². The van der Waals surface area contributed by atoms with E-state index in [4.69, 9.17) is 9.84 Å². The molecular weight excluding hydrogens is 212 g/mol. The van der Waals surface area contributed by atoms with Crippen LogP contribution in [0, 0.1) is 6.92 Å². The maximum atomic E-state index is 11.7. The molecule has 0 spiro atoms. The van der Waals surface area contributed by atoms with Crippen LogP contribution in [0.3, 0.4) is 0 Å². The molecule has 1 N–H and O–H groups in total. The third kappa shape index (κ3) is 3.16. The van der Waals surface area contributed by atoms with Crippen LogP contribution < -0.4 is 5.56 Å². The van der Waals surface area contributed by atoms with Crippen LogP contribution in [0.15, 0.2) is 10.9 Å². The number of methoxy groups -OCH3 is 1. The second-order valence-electron chi connectivity index (χ2n) is 3.40. The van der Waals surface area contributed by atoms with Crippen LogP contribution >= 0.6 is 0 Å². The fourth-order valence-electron chi connectivity index (χ4n) is 1.36. The molecule has 88 valence electrons. The van der Waals surface area contributed by atoms with E-state index in [1.54, 1.807) is 6.92 Å². The number of aliphatic carboxylic acids is 1. The molecule has 0 atom stereocenters. The van der Waals surface area contributed by atoms with Crippen molar-refractivity contribution in [1.29, 1.82) is 0 Å². The predicted molar refractivity (Wildman–Crippen MR) is 56.4 cm³/mol. The Balaban J connectivity index is 3.05. The van der Waals surface area contributed by atoms with Gasteiger partial charge in [0.1, 0.15) is 0 Å². The lowest BCUT2D eigenvalue weighted by atomic mass is 10.2. The number of aromatic nitrogens is 2. The van der Waals surface area contributed by atoms with Gasteiger partial charge >= 0.3 is 5.97 Å². The topological polar surface area (TPSA) is 81.4 Å². The highest BCUT2D eigenvalue weighted by molar-refractivity contribution is 5.69. The number of carboxylic acids is 1. The Kier molecular flexibility index (Phi) is 4.19. The Bertz CT molecular complexity index is 439. The van der Waals surface area contributed by atoms with Crippen LogP contribution in [0.4, 0.5) is 0 Å². The lowest BCUT2D eigenvalue weighted by molar-refractivity contribution is -0.136. The molecule has 6 nitrogen and oxygen atoms in total. The monoisotopic (exact) mass is 226 g/mol. The number of ether oxygens (including phenoxy) is 1. The quantitative estimate of drug-likeness (QED) is 0.753. The Hall–Kier alpha value is -1.69. The summed E-state index contributed by atoms with van der Waals surface area (Å²) < 4.78 is 6.08. The van der Waals surface area contributed by atoms with Crippen LogP contribution in [0.25, 0.3) is 0 Å². The summed E-state index contributed by atoms with van der Waals surface area (Å²) >= 11 is 0. The number of rotatable bonds is 5. The summed E-state index contributed by atoms with van der Waals surface area (Å²) in [6.07, 6.45) is -0.283. The molecule has 0 fully saturated rings. The number of hydrogen-bond acceptors (Lipinski definition) is 4. The van der Waals surface area contributed by atoms with E-state index in [1.165, 1.54) is 17.9 Å². The Morgan fingerprint density at radius 3 is 2.88 bits per heavy atom. The summed E-state index contributed by atoms with van der Waals surface area (Å²) in [6, 6.07) is 1.50. The van der Waals surface area contributed by atoms with E-state index in [-0.39, 0.29) is 17.5 Å². The van der Waals surface area contributed by atoms with Gasteiger partial charge in [-0.3, -0.25) is 9.59 Å². The van der Waals surface area contributed by atoms with Gasteiger partial charge in [0.05, 0.1) is 25.3 Å². The smallest absolute Gasteiger partial charge is 0.308 e. The third-order valence-electron chi connectivity index (χ3n) is 2.02. The van der Waals surface area contributed by atoms with Gasteiger partial charge in [-0.15, -0.1) is 0 Å². The molecule has 1 aromatic heterocycles. The Labute approximate surface area is 92.5 Å². The minimum atomic E-state index is -1.03. The molecule has 0 aliphatic heterocycles. The second-order valence-corrected chi connectivity index (χ2v) is 3.40. The zero-order valence-electron chi connectivity index (χ0n) is 9.27. The van der Waals surface area contributed by atoms with Crippen LogP contribution in [-0.4, -0.2) is 34.6 Å². The standard InChI is InChI=1S/C10H14N2O4/c1-7-5-8(6-9(13)14)10(15)12(11-7)3-4-16-2/h5H,3-4,6H2,1-2H3,(H,13,14). The van der Waals surface area contributed by atoms with Crippen molar-refractivity contribution < 1.29 is 14.6 Å². The molecule has 0 radical (unpaired) electrons. The van der Waals surface area contributed by atoms with Gasteiger partial charge in [0, 0.05) is 12.7 Å². The molecule has 16 heavy (non-hydrogen) atoms. The molecule has 0 bridgehead atoms. The molecule has 1 rings (SSSR count). The number of carbonyl (C=O) groups is 1. The Morgan fingerprint density at radius 1 is 1.62 bits per heavy atom. The lowest BCUT2D eigenvalue weighted by Gasteiger charge is -2.07. The molecule has 1 heterocycles. The first kappa shape index (κ1) is 12.4.